The topological polar surface area (TPSA) is 70.6 Å². The SMILES string of the molecule is Cc1ccc(NS(=O)c2ccc(NC(=O)C3CC=CC=N3)cc2)cc1. The van der Waals surface area contributed by atoms with Gasteiger partial charge in [-0.15, -0.1) is 0 Å². The molecule has 1 heterocycles. The molecule has 0 saturated heterocycles. The van der Waals surface area contributed by atoms with Crippen LogP contribution in [-0.4, -0.2) is 22.4 Å². The molecule has 6 heteroatoms. The van der Waals surface area contributed by atoms with Crippen molar-refractivity contribution in [3.63, 3.8) is 0 Å². The Morgan fingerprint density at radius 2 is 1.76 bits per heavy atom. The first kappa shape index (κ1) is 17.1. The number of hydrogen-bond acceptors (Lipinski definition) is 3. The fourth-order valence-electron chi connectivity index (χ4n) is 2.33. The molecule has 1 aliphatic rings. The fraction of sp³-hybridized carbons (Fsp3) is 0.158. The number of rotatable bonds is 5. The number of allylic oxidation sites excluding steroid dienone is 1. The van der Waals surface area contributed by atoms with Crippen molar-refractivity contribution in [3.8, 4) is 0 Å². The zero-order chi connectivity index (χ0) is 17.6. The van der Waals surface area contributed by atoms with Crippen molar-refractivity contribution < 1.29 is 9.00 Å². The third-order valence-electron chi connectivity index (χ3n) is 3.75. The minimum atomic E-state index is -1.36. The Balaban J connectivity index is 1.60. The zero-order valence-corrected chi connectivity index (χ0v) is 14.6. The fourth-order valence-corrected chi connectivity index (χ4v) is 3.18. The van der Waals surface area contributed by atoms with Gasteiger partial charge in [-0.2, -0.15) is 0 Å². The van der Waals surface area contributed by atoms with Crippen LogP contribution in [0.2, 0.25) is 0 Å². The molecule has 5 nitrogen and oxygen atoms in total. The van der Waals surface area contributed by atoms with Gasteiger partial charge in [0.25, 0.3) is 0 Å². The van der Waals surface area contributed by atoms with Crippen LogP contribution >= 0.6 is 0 Å². The Kier molecular flexibility index (Phi) is 5.40. The number of carbonyl (C=O) groups is 1. The Hall–Kier alpha value is -2.73. The van der Waals surface area contributed by atoms with E-state index in [0.717, 1.165) is 11.3 Å². The maximum absolute atomic E-state index is 12.4. The number of nitrogens with one attached hydrogen (secondary N) is 2. The van der Waals surface area contributed by atoms with Crippen molar-refractivity contribution in [1.29, 1.82) is 0 Å². The molecule has 2 unspecified atom stereocenters. The van der Waals surface area contributed by atoms with E-state index in [9.17, 15) is 9.00 Å². The zero-order valence-electron chi connectivity index (χ0n) is 13.8. The summed E-state index contributed by atoms with van der Waals surface area (Å²) >= 11 is 0. The first-order chi connectivity index (χ1) is 12.1. The van der Waals surface area contributed by atoms with Crippen LogP contribution in [0.1, 0.15) is 12.0 Å². The van der Waals surface area contributed by atoms with Crippen molar-refractivity contribution in [2.45, 2.75) is 24.3 Å². The summed E-state index contributed by atoms with van der Waals surface area (Å²) in [6.07, 6.45) is 5.98. The van der Waals surface area contributed by atoms with E-state index in [-0.39, 0.29) is 11.9 Å². The highest BCUT2D eigenvalue weighted by molar-refractivity contribution is 7.86. The van der Waals surface area contributed by atoms with Crippen LogP contribution in [0, 0.1) is 6.92 Å². The molecule has 2 aromatic rings. The first-order valence-electron chi connectivity index (χ1n) is 7.96. The van der Waals surface area contributed by atoms with Gasteiger partial charge in [-0.3, -0.25) is 9.79 Å². The van der Waals surface area contributed by atoms with Crippen molar-refractivity contribution in [3.05, 3.63) is 66.2 Å². The van der Waals surface area contributed by atoms with Crippen LogP contribution in [-0.2, 0) is 15.8 Å². The number of amides is 1. The normalized spacial score (nSPS) is 17.1. The van der Waals surface area contributed by atoms with Gasteiger partial charge in [0.05, 0.1) is 4.90 Å². The summed E-state index contributed by atoms with van der Waals surface area (Å²) in [4.78, 5) is 16.9. The highest BCUT2D eigenvalue weighted by Gasteiger charge is 2.16. The number of benzene rings is 2. The summed E-state index contributed by atoms with van der Waals surface area (Å²) in [5.74, 6) is -0.146. The lowest BCUT2D eigenvalue weighted by Gasteiger charge is -2.13. The molecule has 25 heavy (non-hydrogen) atoms. The summed E-state index contributed by atoms with van der Waals surface area (Å²) in [7, 11) is -1.36. The molecule has 0 fully saturated rings. The third-order valence-corrected chi connectivity index (χ3v) is 4.87. The molecular formula is C19H19N3O2S. The van der Waals surface area contributed by atoms with Gasteiger partial charge in [0.2, 0.25) is 5.91 Å². The maximum atomic E-state index is 12.4. The molecule has 0 spiro atoms. The smallest absolute Gasteiger partial charge is 0.249 e. The monoisotopic (exact) mass is 353 g/mol. The first-order valence-corrected chi connectivity index (χ1v) is 9.11. The summed E-state index contributed by atoms with van der Waals surface area (Å²) in [6.45, 7) is 2.00. The number of nitrogens with zero attached hydrogens (tertiary/aromatic N) is 1. The predicted molar refractivity (Wildman–Crippen MR) is 102 cm³/mol. The van der Waals surface area contributed by atoms with Gasteiger partial charge in [-0.1, -0.05) is 23.8 Å². The van der Waals surface area contributed by atoms with E-state index in [1.807, 2.05) is 43.3 Å². The lowest BCUT2D eigenvalue weighted by molar-refractivity contribution is -0.117. The van der Waals surface area contributed by atoms with E-state index in [4.69, 9.17) is 0 Å². The van der Waals surface area contributed by atoms with Gasteiger partial charge in [-0.05, 0) is 55.8 Å². The molecule has 2 aromatic carbocycles. The minimum Gasteiger partial charge on any atom is -0.324 e. The van der Waals surface area contributed by atoms with E-state index >= 15 is 0 Å². The Morgan fingerprint density at radius 3 is 2.40 bits per heavy atom. The molecule has 3 rings (SSSR count). The molecule has 128 valence electrons. The second-order valence-corrected chi connectivity index (χ2v) is 6.94. The molecule has 0 radical (unpaired) electrons. The predicted octanol–water partition coefficient (Wildman–Crippen LogP) is 3.47. The van der Waals surface area contributed by atoms with E-state index in [1.165, 1.54) is 0 Å². The molecule has 2 atom stereocenters. The van der Waals surface area contributed by atoms with Crippen LogP contribution in [0.15, 0.2) is 70.6 Å². The molecule has 0 bridgehead atoms. The molecule has 0 aromatic heterocycles. The number of carbonyl (C=O) groups excluding carboxylic acids is 1. The largest absolute Gasteiger partial charge is 0.324 e. The van der Waals surface area contributed by atoms with Gasteiger partial charge in [0.15, 0.2) is 0 Å². The average Bonchev–Trinajstić information content (AvgIpc) is 2.65. The van der Waals surface area contributed by atoms with E-state index in [0.29, 0.717) is 17.0 Å². The minimum absolute atomic E-state index is 0.146. The van der Waals surface area contributed by atoms with Crippen molar-refractivity contribution in [2.24, 2.45) is 4.99 Å². The van der Waals surface area contributed by atoms with Gasteiger partial charge in [0.1, 0.15) is 17.0 Å². The van der Waals surface area contributed by atoms with Crippen LogP contribution in [0.25, 0.3) is 0 Å². The van der Waals surface area contributed by atoms with Gasteiger partial charge in [-0.25, -0.2) is 4.21 Å². The Bertz CT molecular complexity index is 827. The number of dihydropyridines is 1. The van der Waals surface area contributed by atoms with Crippen molar-refractivity contribution >= 4 is 34.5 Å². The maximum Gasteiger partial charge on any atom is 0.249 e. The summed E-state index contributed by atoms with van der Waals surface area (Å²) < 4.78 is 15.3. The van der Waals surface area contributed by atoms with Crippen LogP contribution in [0.5, 0.6) is 0 Å². The van der Waals surface area contributed by atoms with Crippen molar-refractivity contribution in [1.82, 2.24) is 0 Å². The lowest BCUT2D eigenvalue weighted by Crippen LogP contribution is -2.26. The van der Waals surface area contributed by atoms with Crippen molar-refractivity contribution in [2.75, 3.05) is 10.0 Å². The number of hydrogen-bond donors (Lipinski definition) is 2. The second-order valence-electron chi connectivity index (χ2n) is 5.73. The molecule has 2 N–H and O–H groups in total. The highest BCUT2D eigenvalue weighted by Crippen LogP contribution is 2.17. The third kappa shape index (κ3) is 4.64. The number of aliphatic imine (C=N–C) groups is 1. The number of anilines is 2. The standard InChI is InChI=1S/C19H19N3O2S/c1-14-5-7-16(8-6-14)22-25(24)17-11-9-15(10-12-17)21-19(23)18-4-2-3-13-20-18/h2-3,5-13,18,22H,4H2,1H3,(H,21,23). The quantitative estimate of drug-likeness (QED) is 0.864. The van der Waals surface area contributed by atoms with Gasteiger partial charge < -0.3 is 10.0 Å². The Morgan fingerprint density at radius 1 is 1.08 bits per heavy atom. The van der Waals surface area contributed by atoms with E-state index in [1.54, 1.807) is 30.5 Å². The van der Waals surface area contributed by atoms with E-state index < -0.39 is 11.0 Å². The average molecular weight is 353 g/mol. The summed E-state index contributed by atoms with van der Waals surface area (Å²) in [5, 5.41) is 2.83. The molecule has 1 aliphatic heterocycles. The summed E-state index contributed by atoms with van der Waals surface area (Å²) in [6, 6.07) is 14.3. The lowest BCUT2D eigenvalue weighted by atomic mass is 10.1. The van der Waals surface area contributed by atoms with Crippen LogP contribution in [0.4, 0.5) is 11.4 Å². The highest BCUT2D eigenvalue weighted by atomic mass is 32.2. The number of aryl methyl sites for hydroxylation is 1. The molecule has 1 amide bonds. The van der Waals surface area contributed by atoms with Gasteiger partial charge >= 0.3 is 0 Å². The molecule has 0 saturated carbocycles. The second kappa shape index (κ2) is 7.90. The van der Waals surface area contributed by atoms with Gasteiger partial charge in [0, 0.05) is 17.6 Å². The van der Waals surface area contributed by atoms with Crippen LogP contribution in [0.3, 0.4) is 0 Å². The van der Waals surface area contributed by atoms with E-state index in [2.05, 4.69) is 15.0 Å². The Labute approximate surface area is 149 Å². The summed E-state index contributed by atoms with van der Waals surface area (Å²) in [5.41, 5.74) is 2.60. The molecule has 0 aliphatic carbocycles. The van der Waals surface area contributed by atoms with Crippen LogP contribution < -0.4 is 10.0 Å². The molecular weight excluding hydrogens is 334 g/mol.